The smallest absolute Gasteiger partial charge is 0.251 e. The Morgan fingerprint density at radius 2 is 1.84 bits per heavy atom. The van der Waals surface area contributed by atoms with Crippen molar-refractivity contribution < 1.29 is 22.7 Å². The fraction of sp³-hybridized carbons (Fsp3) is 0.353. The van der Waals surface area contributed by atoms with Gasteiger partial charge in [0.05, 0.1) is 17.7 Å². The monoisotopic (exact) mass is 366 g/mol. The van der Waals surface area contributed by atoms with Gasteiger partial charge in [-0.05, 0) is 36.4 Å². The number of furan rings is 1. The number of benzene rings is 1. The molecule has 1 atom stereocenters. The molecule has 0 unspecified atom stereocenters. The molecule has 1 amide bonds. The molecule has 0 aliphatic rings. The first kappa shape index (κ1) is 19.2. The van der Waals surface area contributed by atoms with Crippen molar-refractivity contribution in [1.29, 1.82) is 0 Å². The molecule has 1 aromatic heterocycles. The van der Waals surface area contributed by atoms with Crippen LogP contribution in [-0.2, 0) is 10.0 Å². The Balaban J connectivity index is 2.03. The molecular formula is C17H22N2O5S. The second kappa shape index (κ2) is 8.28. The topological polar surface area (TPSA) is 99.9 Å². The number of carbonyl (C=O) groups is 1. The van der Waals surface area contributed by atoms with E-state index in [1.807, 2.05) is 0 Å². The van der Waals surface area contributed by atoms with Gasteiger partial charge in [-0.2, -0.15) is 4.31 Å². The zero-order valence-electron chi connectivity index (χ0n) is 14.2. The Morgan fingerprint density at radius 3 is 2.36 bits per heavy atom. The summed E-state index contributed by atoms with van der Waals surface area (Å²) in [6, 6.07) is 8.98. The second-order valence-electron chi connectivity index (χ2n) is 5.35. The van der Waals surface area contributed by atoms with Gasteiger partial charge in [-0.15, -0.1) is 0 Å². The Labute approximate surface area is 147 Å². The molecule has 0 saturated heterocycles. The van der Waals surface area contributed by atoms with Crippen molar-refractivity contribution in [2.45, 2.75) is 24.8 Å². The van der Waals surface area contributed by atoms with E-state index in [0.29, 0.717) is 24.4 Å². The van der Waals surface area contributed by atoms with Gasteiger partial charge in [0.1, 0.15) is 11.9 Å². The van der Waals surface area contributed by atoms with Gasteiger partial charge >= 0.3 is 0 Å². The third kappa shape index (κ3) is 4.47. The number of carbonyl (C=O) groups excluding carboxylic acids is 1. The van der Waals surface area contributed by atoms with Crippen LogP contribution in [0.3, 0.4) is 0 Å². The fourth-order valence-corrected chi connectivity index (χ4v) is 3.82. The molecule has 1 heterocycles. The fourth-order valence-electron chi connectivity index (χ4n) is 2.36. The SMILES string of the molecule is CCN(CC)S(=O)(=O)c1ccc(C(=O)NC[C@@H](O)c2ccco2)cc1. The molecule has 136 valence electrons. The molecule has 2 aromatic rings. The summed E-state index contributed by atoms with van der Waals surface area (Å²) in [7, 11) is -3.55. The van der Waals surface area contributed by atoms with E-state index in [1.165, 1.54) is 34.8 Å². The first-order valence-electron chi connectivity index (χ1n) is 8.00. The van der Waals surface area contributed by atoms with E-state index in [9.17, 15) is 18.3 Å². The minimum Gasteiger partial charge on any atom is -0.467 e. The van der Waals surface area contributed by atoms with Crippen molar-refractivity contribution in [3.8, 4) is 0 Å². The van der Waals surface area contributed by atoms with Crippen molar-refractivity contribution in [3.63, 3.8) is 0 Å². The molecule has 25 heavy (non-hydrogen) atoms. The van der Waals surface area contributed by atoms with Crippen LogP contribution in [0.15, 0.2) is 52.0 Å². The van der Waals surface area contributed by atoms with Gasteiger partial charge in [0.25, 0.3) is 5.91 Å². The molecule has 2 rings (SSSR count). The average molecular weight is 366 g/mol. The van der Waals surface area contributed by atoms with Crippen LogP contribution in [0.2, 0.25) is 0 Å². The van der Waals surface area contributed by atoms with Gasteiger partial charge in [-0.3, -0.25) is 4.79 Å². The molecule has 0 saturated carbocycles. The van der Waals surface area contributed by atoms with Crippen molar-refractivity contribution in [2.24, 2.45) is 0 Å². The first-order chi connectivity index (χ1) is 11.9. The standard InChI is InChI=1S/C17H22N2O5S/c1-3-19(4-2)25(22,23)14-9-7-13(8-10-14)17(21)18-12-15(20)16-6-5-11-24-16/h5-11,15,20H,3-4,12H2,1-2H3,(H,18,21)/t15-/m1/s1. The van der Waals surface area contributed by atoms with E-state index in [1.54, 1.807) is 26.0 Å². The van der Waals surface area contributed by atoms with Crippen LogP contribution in [0, 0.1) is 0 Å². The van der Waals surface area contributed by atoms with Gasteiger partial charge < -0.3 is 14.8 Å². The maximum absolute atomic E-state index is 12.4. The van der Waals surface area contributed by atoms with Crippen LogP contribution in [-0.4, -0.2) is 43.4 Å². The largest absolute Gasteiger partial charge is 0.467 e. The quantitative estimate of drug-likeness (QED) is 0.742. The van der Waals surface area contributed by atoms with Gasteiger partial charge in [-0.1, -0.05) is 13.8 Å². The van der Waals surface area contributed by atoms with Gasteiger partial charge in [0.15, 0.2) is 0 Å². The second-order valence-corrected chi connectivity index (χ2v) is 7.29. The highest BCUT2D eigenvalue weighted by atomic mass is 32.2. The molecule has 0 bridgehead atoms. The number of aliphatic hydroxyl groups excluding tert-OH is 1. The summed E-state index contributed by atoms with van der Waals surface area (Å²) in [5.41, 5.74) is 0.310. The van der Waals surface area contributed by atoms with E-state index in [4.69, 9.17) is 4.42 Å². The van der Waals surface area contributed by atoms with Crippen molar-refractivity contribution in [3.05, 3.63) is 54.0 Å². The summed E-state index contributed by atoms with van der Waals surface area (Å²) in [5, 5.41) is 12.5. The maximum atomic E-state index is 12.4. The van der Waals surface area contributed by atoms with Gasteiger partial charge in [0.2, 0.25) is 10.0 Å². The van der Waals surface area contributed by atoms with Gasteiger partial charge in [0, 0.05) is 18.7 Å². The van der Waals surface area contributed by atoms with Gasteiger partial charge in [-0.25, -0.2) is 8.42 Å². The predicted molar refractivity (Wildman–Crippen MR) is 92.5 cm³/mol. The molecule has 1 aromatic carbocycles. The van der Waals surface area contributed by atoms with Crippen LogP contribution in [0.4, 0.5) is 0 Å². The lowest BCUT2D eigenvalue weighted by atomic mass is 10.2. The molecule has 7 nitrogen and oxygen atoms in total. The number of aliphatic hydroxyl groups is 1. The van der Waals surface area contributed by atoms with E-state index in [-0.39, 0.29) is 11.4 Å². The first-order valence-corrected chi connectivity index (χ1v) is 9.44. The summed E-state index contributed by atoms with van der Waals surface area (Å²) in [6.45, 7) is 4.30. The normalized spacial score (nSPS) is 13.0. The van der Waals surface area contributed by atoms with Crippen LogP contribution in [0.25, 0.3) is 0 Å². The molecule has 0 fully saturated rings. The lowest BCUT2D eigenvalue weighted by Crippen LogP contribution is -2.31. The summed E-state index contributed by atoms with van der Waals surface area (Å²) < 4.78 is 31.2. The molecule has 0 aliphatic heterocycles. The lowest BCUT2D eigenvalue weighted by Gasteiger charge is -2.18. The van der Waals surface area contributed by atoms with Crippen molar-refractivity contribution in [1.82, 2.24) is 9.62 Å². The minimum atomic E-state index is -3.55. The van der Waals surface area contributed by atoms with E-state index < -0.39 is 22.0 Å². The highest BCUT2D eigenvalue weighted by molar-refractivity contribution is 7.89. The Kier molecular flexibility index (Phi) is 6.35. The molecule has 0 aliphatic carbocycles. The summed E-state index contributed by atoms with van der Waals surface area (Å²) in [5.74, 6) is -0.0432. The molecule has 8 heteroatoms. The zero-order valence-corrected chi connectivity index (χ0v) is 15.0. The summed E-state index contributed by atoms with van der Waals surface area (Å²) in [4.78, 5) is 12.3. The number of sulfonamides is 1. The number of amides is 1. The highest BCUT2D eigenvalue weighted by Crippen LogP contribution is 2.16. The Morgan fingerprint density at radius 1 is 1.20 bits per heavy atom. The van der Waals surface area contributed by atoms with Crippen LogP contribution >= 0.6 is 0 Å². The molecule has 2 N–H and O–H groups in total. The Hall–Kier alpha value is -2.16. The number of hydrogen-bond acceptors (Lipinski definition) is 5. The van der Waals surface area contributed by atoms with E-state index in [2.05, 4.69) is 5.32 Å². The van der Waals surface area contributed by atoms with Crippen molar-refractivity contribution >= 4 is 15.9 Å². The molecular weight excluding hydrogens is 344 g/mol. The molecule has 0 spiro atoms. The highest BCUT2D eigenvalue weighted by Gasteiger charge is 2.21. The van der Waals surface area contributed by atoms with Crippen LogP contribution < -0.4 is 5.32 Å². The summed E-state index contributed by atoms with van der Waals surface area (Å²) in [6.07, 6.45) is 0.497. The van der Waals surface area contributed by atoms with Crippen LogP contribution in [0.1, 0.15) is 36.1 Å². The number of nitrogens with zero attached hydrogens (tertiary/aromatic N) is 1. The third-order valence-corrected chi connectivity index (χ3v) is 5.85. The maximum Gasteiger partial charge on any atom is 0.251 e. The Bertz CT molecular complexity index is 781. The molecule has 0 radical (unpaired) electrons. The zero-order chi connectivity index (χ0) is 18.4. The minimum absolute atomic E-state index is 0.00809. The van der Waals surface area contributed by atoms with Crippen molar-refractivity contribution in [2.75, 3.05) is 19.6 Å². The number of hydrogen-bond donors (Lipinski definition) is 2. The van der Waals surface area contributed by atoms with Crippen LogP contribution in [0.5, 0.6) is 0 Å². The predicted octanol–water partition coefficient (Wildman–Crippen LogP) is 1.77. The van der Waals surface area contributed by atoms with E-state index in [0.717, 1.165) is 0 Å². The number of rotatable bonds is 8. The number of nitrogens with one attached hydrogen (secondary N) is 1. The third-order valence-electron chi connectivity index (χ3n) is 3.79. The average Bonchev–Trinajstić information content (AvgIpc) is 3.15. The lowest BCUT2D eigenvalue weighted by molar-refractivity contribution is 0.0901. The summed E-state index contributed by atoms with van der Waals surface area (Å²) >= 11 is 0. The van der Waals surface area contributed by atoms with E-state index >= 15 is 0 Å².